The van der Waals surface area contributed by atoms with E-state index in [4.69, 9.17) is 4.74 Å². The molecule has 0 fully saturated rings. The molecule has 5 nitrogen and oxygen atoms in total. The Balaban J connectivity index is 1.34. The van der Waals surface area contributed by atoms with E-state index in [9.17, 15) is 9.18 Å². The zero-order valence-corrected chi connectivity index (χ0v) is 16.9. The Morgan fingerprint density at radius 1 is 0.875 bits per heavy atom. The van der Waals surface area contributed by atoms with Crippen molar-refractivity contribution in [1.29, 1.82) is 0 Å². The molecule has 0 aliphatic rings. The molecule has 2 aromatic heterocycles. The maximum absolute atomic E-state index is 13.1. The topological polar surface area (TPSA) is 55.6 Å². The standard InChI is InChI=1S/C26H18FN3O2/c27-20-10-12-22(13-11-20)32-23-8-4-6-19(16-23)26(31)28-21-7-3-5-18(15-21)24-17-30-14-2-1-9-25(30)29-24/h1-17H,(H,28,31). The minimum atomic E-state index is -0.337. The molecule has 0 aliphatic heterocycles. The number of hydrogen-bond acceptors (Lipinski definition) is 3. The molecule has 32 heavy (non-hydrogen) atoms. The summed E-state index contributed by atoms with van der Waals surface area (Å²) >= 11 is 0. The number of nitrogens with one attached hydrogen (secondary N) is 1. The van der Waals surface area contributed by atoms with Crippen molar-refractivity contribution < 1.29 is 13.9 Å². The van der Waals surface area contributed by atoms with Crippen LogP contribution < -0.4 is 10.1 Å². The van der Waals surface area contributed by atoms with Crippen LogP contribution in [0.3, 0.4) is 0 Å². The number of nitrogens with zero attached hydrogens (tertiary/aromatic N) is 2. The van der Waals surface area contributed by atoms with Gasteiger partial charge in [-0.1, -0.05) is 24.3 Å². The van der Waals surface area contributed by atoms with Crippen LogP contribution in [-0.4, -0.2) is 15.3 Å². The van der Waals surface area contributed by atoms with Gasteiger partial charge in [-0.3, -0.25) is 4.79 Å². The van der Waals surface area contributed by atoms with E-state index in [1.807, 2.05) is 59.3 Å². The first-order chi connectivity index (χ1) is 15.6. The number of anilines is 1. The number of fused-ring (bicyclic) bond motifs is 1. The lowest BCUT2D eigenvalue weighted by Crippen LogP contribution is -2.11. The molecule has 3 aromatic carbocycles. The zero-order valence-electron chi connectivity index (χ0n) is 16.9. The number of halogens is 1. The van der Waals surface area contributed by atoms with Crippen molar-refractivity contribution in [1.82, 2.24) is 9.38 Å². The van der Waals surface area contributed by atoms with Gasteiger partial charge >= 0.3 is 0 Å². The van der Waals surface area contributed by atoms with E-state index in [1.165, 1.54) is 24.3 Å². The van der Waals surface area contributed by atoms with Crippen LogP contribution in [0.5, 0.6) is 11.5 Å². The number of carbonyl (C=O) groups excluding carboxylic acids is 1. The van der Waals surface area contributed by atoms with E-state index in [0.29, 0.717) is 22.7 Å². The average Bonchev–Trinajstić information content (AvgIpc) is 3.25. The lowest BCUT2D eigenvalue weighted by molar-refractivity contribution is 0.102. The number of amides is 1. The van der Waals surface area contributed by atoms with Gasteiger partial charge in [0.05, 0.1) is 5.69 Å². The third kappa shape index (κ3) is 4.20. The van der Waals surface area contributed by atoms with Crippen LogP contribution in [0.2, 0.25) is 0 Å². The molecular weight excluding hydrogens is 405 g/mol. The van der Waals surface area contributed by atoms with Gasteiger partial charge in [-0.25, -0.2) is 9.37 Å². The van der Waals surface area contributed by atoms with Gasteiger partial charge in [0.15, 0.2) is 0 Å². The van der Waals surface area contributed by atoms with E-state index >= 15 is 0 Å². The minimum Gasteiger partial charge on any atom is -0.457 e. The maximum atomic E-state index is 13.1. The number of benzene rings is 3. The number of aromatic nitrogens is 2. The fourth-order valence-corrected chi connectivity index (χ4v) is 3.37. The Kier molecular flexibility index (Phi) is 5.09. The summed E-state index contributed by atoms with van der Waals surface area (Å²) in [4.78, 5) is 17.4. The largest absolute Gasteiger partial charge is 0.457 e. The second-order valence-corrected chi connectivity index (χ2v) is 7.21. The predicted molar refractivity (Wildman–Crippen MR) is 121 cm³/mol. The van der Waals surface area contributed by atoms with E-state index in [2.05, 4.69) is 10.3 Å². The van der Waals surface area contributed by atoms with Crippen LogP contribution in [0.15, 0.2) is 103 Å². The number of imidazole rings is 1. The van der Waals surface area contributed by atoms with Crippen molar-refractivity contribution in [3.05, 3.63) is 115 Å². The van der Waals surface area contributed by atoms with E-state index < -0.39 is 0 Å². The summed E-state index contributed by atoms with van der Waals surface area (Å²) in [6.45, 7) is 0. The molecule has 0 atom stereocenters. The molecule has 5 rings (SSSR count). The molecule has 1 amide bonds. The molecule has 0 bridgehead atoms. The van der Waals surface area contributed by atoms with Crippen LogP contribution in [0.4, 0.5) is 10.1 Å². The normalized spacial score (nSPS) is 10.8. The molecule has 1 N–H and O–H groups in total. The van der Waals surface area contributed by atoms with Gasteiger partial charge in [0.25, 0.3) is 5.91 Å². The fraction of sp³-hybridized carbons (Fsp3) is 0. The lowest BCUT2D eigenvalue weighted by atomic mass is 10.1. The third-order valence-electron chi connectivity index (χ3n) is 4.93. The fourth-order valence-electron chi connectivity index (χ4n) is 3.37. The first-order valence-electron chi connectivity index (χ1n) is 10.0. The molecule has 6 heteroatoms. The zero-order chi connectivity index (χ0) is 21.9. The summed E-state index contributed by atoms with van der Waals surface area (Å²) in [6.07, 6.45) is 3.89. The lowest BCUT2D eigenvalue weighted by Gasteiger charge is -2.09. The van der Waals surface area contributed by atoms with Gasteiger partial charge in [-0.15, -0.1) is 0 Å². The third-order valence-corrected chi connectivity index (χ3v) is 4.93. The highest BCUT2D eigenvalue weighted by Crippen LogP contribution is 2.25. The van der Waals surface area contributed by atoms with Gasteiger partial charge in [0.1, 0.15) is 23.0 Å². The van der Waals surface area contributed by atoms with Crippen LogP contribution in [0.25, 0.3) is 16.9 Å². The predicted octanol–water partition coefficient (Wildman–Crippen LogP) is 6.19. The molecule has 0 aliphatic carbocycles. The van der Waals surface area contributed by atoms with E-state index in [-0.39, 0.29) is 11.7 Å². The van der Waals surface area contributed by atoms with Gasteiger partial charge in [0.2, 0.25) is 0 Å². The summed E-state index contributed by atoms with van der Waals surface area (Å²) in [5.74, 6) is 0.380. The molecule has 156 valence electrons. The molecule has 2 heterocycles. The monoisotopic (exact) mass is 423 g/mol. The average molecular weight is 423 g/mol. The van der Waals surface area contributed by atoms with Crippen LogP contribution in [0, 0.1) is 5.82 Å². The molecule has 5 aromatic rings. The maximum Gasteiger partial charge on any atom is 0.255 e. The van der Waals surface area contributed by atoms with Crippen molar-refractivity contribution in [2.75, 3.05) is 5.32 Å². The highest BCUT2D eigenvalue weighted by atomic mass is 19.1. The smallest absolute Gasteiger partial charge is 0.255 e. The second-order valence-electron chi connectivity index (χ2n) is 7.21. The Labute approximate surface area is 183 Å². The van der Waals surface area contributed by atoms with Crippen LogP contribution >= 0.6 is 0 Å². The molecule has 0 saturated carbocycles. The first kappa shape index (κ1) is 19.5. The summed E-state index contributed by atoms with van der Waals surface area (Å²) in [5.41, 5.74) is 3.69. The van der Waals surface area contributed by atoms with Crippen LogP contribution in [-0.2, 0) is 0 Å². The number of pyridine rings is 1. The highest BCUT2D eigenvalue weighted by molar-refractivity contribution is 6.04. The SMILES string of the molecule is O=C(Nc1cccc(-c2cn3ccccc3n2)c1)c1cccc(Oc2ccc(F)cc2)c1. The van der Waals surface area contributed by atoms with Crippen molar-refractivity contribution in [3.8, 4) is 22.8 Å². The number of ether oxygens (including phenoxy) is 1. The first-order valence-corrected chi connectivity index (χ1v) is 10.0. The van der Waals surface area contributed by atoms with Crippen molar-refractivity contribution >= 4 is 17.2 Å². The number of hydrogen-bond donors (Lipinski definition) is 1. The summed E-state index contributed by atoms with van der Waals surface area (Å²) < 4.78 is 20.8. The summed E-state index contributed by atoms with van der Waals surface area (Å²) in [7, 11) is 0. The molecular formula is C26H18FN3O2. The number of rotatable bonds is 5. The Bertz CT molecular complexity index is 1380. The van der Waals surface area contributed by atoms with E-state index in [1.54, 1.807) is 24.3 Å². The Hall–Kier alpha value is -4.45. The second kappa shape index (κ2) is 8.35. The molecule has 0 radical (unpaired) electrons. The van der Waals surface area contributed by atoms with Crippen molar-refractivity contribution in [2.24, 2.45) is 0 Å². The molecule has 0 saturated heterocycles. The highest BCUT2D eigenvalue weighted by Gasteiger charge is 2.10. The van der Waals surface area contributed by atoms with Gasteiger partial charge in [0, 0.05) is 29.2 Å². The quantitative estimate of drug-likeness (QED) is 0.367. The summed E-state index contributed by atoms with van der Waals surface area (Å²) in [5, 5.41) is 2.92. The molecule has 0 unspecified atom stereocenters. The summed E-state index contributed by atoms with van der Waals surface area (Å²) in [6, 6.07) is 25.9. The Morgan fingerprint density at radius 3 is 2.56 bits per heavy atom. The van der Waals surface area contributed by atoms with Gasteiger partial charge in [-0.2, -0.15) is 0 Å². The van der Waals surface area contributed by atoms with Crippen LogP contribution in [0.1, 0.15) is 10.4 Å². The molecule has 0 spiro atoms. The van der Waals surface area contributed by atoms with Crippen molar-refractivity contribution in [3.63, 3.8) is 0 Å². The van der Waals surface area contributed by atoms with E-state index in [0.717, 1.165) is 16.9 Å². The van der Waals surface area contributed by atoms with Gasteiger partial charge < -0.3 is 14.5 Å². The van der Waals surface area contributed by atoms with Crippen molar-refractivity contribution in [2.45, 2.75) is 0 Å². The minimum absolute atomic E-state index is 0.262. The number of carbonyl (C=O) groups is 1. The Morgan fingerprint density at radius 2 is 1.72 bits per heavy atom. The van der Waals surface area contributed by atoms with Gasteiger partial charge in [-0.05, 0) is 66.7 Å².